The van der Waals surface area contributed by atoms with Gasteiger partial charge in [0.25, 0.3) is 0 Å². The number of hydrogen-bond donors (Lipinski definition) is 4. The maximum Gasteiger partial charge on any atom is 0.421 e. The Balaban J connectivity index is 1.65. The maximum atomic E-state index is 12.5. The van der Waals surface area contributed by atoms with Crippen LogP contribution in [-0.2, 0) is 38.7 Å². The van der Waals surface area contributed by atoms with Crippen molar-refractivity contribution in [1.82, 2.24) is 20.1 Å². The van der Waals surface area contributed by atoms with Gasteiger partial charge < -0.3 is 34.3 Å². The third kappa shape index (κ3) is 15.8. The van der Waals surface area contributed by atoms with E-state index in [2.05, 4.69) is 27.2 Å². The van der Waals surface area contributed by atoms with E-state index >= 15 is 0 Å². The van der Waals surface area contributed by atoms with Crippen molar-refractivity contribution in [3.63, 3.8) is 0 Å². The highest BCUT2D eigenvalue weighted by Crippen LogP contribution is 2.52. The van der Waals surface area contributed by atoms with Gasteiger partial charge in [0.2, 0.25) is 0 Å². The van der Waals surface area contributed by atoms with Crippen LogP contribution in [0.25, 0.3) is 0 Å². The molecule has 4 atom stereocenters. The van der Waals surface area contributed by atoms with Gasteiger partial charge in [0, 0.05) is 58.8 Å². The summed E-state index contributed by atoms with van der Waals surface area (Å²) < 4.78 is 53.0. The fourth-order valence-corrected chi connectivity index (χ4v) is 5.40. The van der Waals surface area contributed by atoms with Crippen LogP contribution in [0.15, 0.2) is 0 Å². The van der Waals surface area contributed by atoms with E-state index in [1.54, 1.807) is 4.72 Å². The van der Waals surface area contributed by atoms with E-state index in [-0.39, 0.29) is 58.1 Å². The van der Waals surface area contributed by atoms with Crippen molar-refractivity contribution in [2.45, 2.75) is 44.9 Å². The minimum atomic E-state index is -4.21. The molecule has 0 aromatic rings. The van der Waals surface area contributed by atoms with E-state index in [1.807, 2.05) is 0 Å². The van der Waals surface area contributed by atoms with Crippen LogP contribution in [0.2, 0.25) is 0 Å². The van der Waals surface area contributed by atoms with Crippen molar-refractivity contribution < 1.29 is 51.3 Å². The molecule has 0 heterocycles. The molecule has 2 rings (SSSR count). The van der Waals surface area contributed by atoms with Gasteiger partial charge in [-0.15, -0.1) is 11.8 Å². The SMILES string of the molecule is CNC(=O)OC[C@@H](COC(=O)NS(=O)(=O)NCCOCCOC)CC(=O)CCCNC(=O)OCC1[C@H]2CCC#CCC[C@@H]12. The lowest BCUT2D eigenvalue weighted by Gasteiger charge is -2.17. The van der Waals surface area contributed by atoms with Crippen LogP contribution >= 0.6 is 0 Å². The molecule has 15 nitrogen and oxygen atoms in total. The number of Topliss-reactive ketones (excluding diaryl/α,β-unsaturated/α-hetero) is 1. The topological polar surface area (TPSA) is 197 Å². The second-order valence-electron chi connectivity index (χ2n) is 10.2. The number of hydrogen-bond acceptors (Lipinski definition) is 11. The van der Waals surface area contributed by atoms with E-state index in [9.17, 15) is 27.6 Å². The molecular weight excluding hydrogens is 588 g/mol. The van der Waals surface area contributed by atoms with Crippen molar-refractivity contribution in [3.8, 4) is 11.8 Å². The number of rotatable bonds is 20. The monoisotopic (exact) mass is 632 g/mol. The Morgan fingerprint density at radius 3 is 2.21 bits per heavy atom. The van der Waals surface area contributed by atoms with E-state index in [4.69, 9.17) is 23.7 Å². The Morgan fingerprint density at radius 1 is 0.884 bits per heavy atom. The maximum absolute atomic E-state index is 12.5. The molecule has 3 amide bonds. The number of carbonyl (C=O) groups is 4. The normalized spacial score (nSPS) is 19.6. The summed E-state index contributed by atoms with van der Waals surface area (Å²) in [7, 11) is -1.34. The van der Waals surface area contributed by atoms with Crippen molar-refractivity contribution in [1.29, 1.82) is 0 Å². The lowest BCUT2D eigenvalue weighted by atomic mass is 10.0. The number of methoxy groups -OCH3 is 1. The second-order valence-corrected chi connectivity index (χ2v) is 11.7. The van der Waals surface area contributed by atoms with E-state index in [0.29, 0.717) is 37.4 Å². The largest absolute Gasteiger partial charge is 0.449 e. The number of nitrogens with one attached hydrogen (secondary N) is 4. The summed E-state index contributed by atoms with van der Waals surface area (Å²) in [6.07, 6.45) is 1.69. The molecule has 0 saturated heterocycles. The summed E-state index contributed by atoms with van der Waals surface area (Å²) in [5.41, 5.74) is 0. The molecular formula is C27H44N4O11S. The van der Waals surface area contributed by atoms with Crippen LogP contribution in [0.5, 0.6) is 0 Å². The van der Waals surface area contributed by atoms with Crippen LogP contribution in [0.4, 0.5) is 14.4 Å². The van der Waals surface area contributed by atoms with E-state index < -0.39 is 34.4 Å². The highest BCUT2D eigenvalue weighted by molar-refractivity contribution is 7.88. The summed E-state index contributed by atoms with van der Waals surface area (Å²) in [4.78, 5) is 48.1. The van der Waals surface area contributed by atoms with Gasteiger partial charge in [-0.3, -0.25) is 4.79 Å². The second kappa shape index (κ2) is 19.9. The van der Waals surface area contributed by atoms with Crippen molar-refractivity contribution in [2.75, 3.05) is 66.9 Å². The van der Waals surface area contributed by atoms with Crippen LogP contribution in [0, 0.1) is 35.5 Å². The van der Waals surface area contributed by atoms with Gasteiger partial charge in [-0.2, -0.15) is 13.1 Å². The Kier molecular flexibility index (Phi) is 16.7. The number of amides is 3. The molecule has 1 saturated carbocycles. The summed E-state index contributed by atoms with van der Waals surface area (Å²) in [5.74, 6) is 6.90. The molecule has 0 aliphatic heterocycles. The first kappa shape index (κ1) is 36.1. The number of ether oxygens (including phenoxy) is 5. The number of alkyl carbamates (subject to hydrolysis) is 2. The molecule has 16 heteroatoms. The number of ketones is 1. The number of fused-ring (bicyclic) bond motifs is 1. The third-order valence-electron chi connectivity index (χ3n) is 6.96. The molecule has 2 aliphatic carbocycles. The quantitative estimate of drug-likeness (QED) is 0.0852. The molecule has 0 spiro atoms. The first-order valence-electron chi connectivity index (χ1n) is 14.4. The molecule has 43 heavy (non-hydrogen) atoms. The Bertz CT molecular complexity index is 1060. The van der Waals surface area contributed by atoms with Crippen LogP contribution in [0.3, 0.4) is 0 Å². The first-order valence-corrected chi connectivity index (χ1v) is 15.9. The van der Waals surface area contributed by atoms with Gasteiger partial charge in [-0.25, -0.2) is 19.1 Å². The Labute approximate surface area is 253 Å². The van der Waals surface area contributed by atoms with E-state index in [0.717, 1.165) is 25.7 Å². The molecule has 244 valence electrons. The van der Waals surface area contributed by atoms with Gasteiger partial charge in [-0.1, -0.05) is 0 Å². The van der Waals surface area contributed by atoms with Gasteiger partial charge >= 0.3 is 28.5 Å². The Morgan fingerprint density at radius 2 is 1.56 bits per heavy atom. The summed E-state index contributed by atoms with van der Waals surface area (Å²) in [5, 5.41) is 4.92. The van der Waals surface area contributed by atoms with Gasteiger partial charge in [0.1, 0.15) is 5.78 Å². The van der Waals surface area contributed by atoms with Crippen molar-refractivity contribution in [3.05, 3.63) is 0 Å². The lowest BCUT2D eigenvalue weighted by molar-refractivity contribution is -0.120. The highest BCUT2D eigenvalue weighted by atomic mass is 32.2. The average molecular weight is 633 g/mol. The molecule has 0 bridgehead atoms. The zero-order chi connectivity index (χ0) is 31.5. The molecule has 1 unspecified atom stereocenters. The van der Waals surface area contributed by atoms with Gasteiger partial charge in [0.15, 0.2) is 0 Å². The fraction of sp³-hybridized carbons (Fsp3) is 0.778. The van der Waals surface area contributed by atoms with Gasteiger partial charge in [-0.05, 0) is 37.0 Å². The summed E-state index contributed by atoms with van der Waals surface area (Å²) in [6, 6.07) is 0. The van der Waals surface area contributed by atoms with Gasteiger partial charge in [0.05, 0.1) is 39.6 Å². The minimum absolute atomic E-state index is 0.0640. The zero-order valence-electron chi connectivity index (χ0n) is 24.8. The predicted octanol–water partition coefficient (Wildman–Crippen LogP) is 1.09. The van der Waals surface area contributed by atoms with Crippen molar-refractivity contribution in [2.24, 2.45) is 23.7 Å². The molecule has 1 fully saturated rings. The van der Waals surface area contributed by atoms with Crippen LogP contribution in [0.1, 0.15) is 44.9 Å². The Hall–Kier alpha value is -3.13. The molecule has 4 N–H and O–H groups in total. The molecule has 2 aliphatic rings. The summed E-state index contributed by atoms with van der Waals surface area (Å²) in [6.45, 7) is 0.590. The van der Waals surface area contributed by atoms with Crippen LogP contribution in [-0.4, -0.2) is 99.4 Å². The van der Waals surface area contributed by atoms with Crippen molar-refractivity contribution >= 4 is 34.3 Å². The highest BCUT2D eigenvalue weighted by Gasteiger charge is 2.49. The molecule has 0 aromatic heterocycles. The fourth-order valence-electron chi connectivity index (χ4n) is 4.70. The third-order valence-corrected chi connectivity index (χ3v) is 7.98. The first-order chi connectivity index (χ1) is 20.6. The molecule has 0 aromatic carbocycles. The van der Waals surface area contributed by atoms with Crippen LogP contribution < -0.4 is 20.1 Å². The number of carbonyl (C=O) groups excluding carboxylic acids is 4. The lowest BCUT2D eigenvalue weighted by Crippen LogP contribution is -2.42. The predicted molar refractivity (Wildman–Crippen MR) is 153 cm³/mol. The standard InChI is InChI=1S/C27H44N4O11S/c1-28-25(33)40-17-20(18-41-27(35)31-43(36,37)30-12-13-39-15-14-38-2)16-21(32)8-7-11-29-26(34)42-19-24-22-9-5-3-4-6-10-23(22)24/h20,22-24,30H,5-19H2,1-2H3,(H,28,33)(H,29,34)(H,31,35)/t20-,22-,23+,24?/m0/s1. The van der Waals surface area contributed by atoms with E-state index in [1.165, 1.54) is 14.2 Å². The smallest absolute Gasteiger partial charge is 0.421 e. The molecule has 0 radical (unpaired) electrons. The summed E-state index contributed by atoms with van der Waals surface area (Å²) >= 11 is 0. The minimum Gasteiger partial charge on any atom is -0.449 e. The average Bonchev–Trinajstić information content (AvgIpc) is 3.61. The zero-order valence-corrected chi connectivity index (χ0v) is 25.6.